The fourth-order valence-corrected chi connectivity index (χ4v) is 2.98. The summed E-state index contributed by atoms with van der Waals surface area (Å²) in [4.78, 5) is 9.68. The van der Waals surface area contributed by atoms with Crippen LogP contribution in [0.2, 0.25) is 0 Å². The van der Waals surface area contributed by atoms with Gasteiger partial charge in [-0.05, 0) is 20.9 Å². The smallest absolute Gasteiger partial charge is 0.191 e. The molecule has 25 heavy (non-hydrogen) atoms. The molecule has 0 aliphatic carbocycles. The topological polar surface area (TPSA) is 73.6 Å². The van der Waals surface area contributed by atoms with Crippen LogP contribution in [0.25, 0.3) is 0 Å². The third-order valence-electron chi connectivity index (χ3n) is 4.68. The van der Waals surface area contributed by atoms with Crippen molar-refractivity contribution in [3.8, 4) is 0 Å². The van der Waals surface area contributed by atoms with Crippen LogP contribution in [0.15, 0.2) is 11.3 Å². The first-order chi connectivity index (χ1) is 12.1. The van der Waals surface area contributed by atoms with E-state index in [1.807, 2.05) is 0 Å². The molecule has 1 aromatic rings. The molecule has 0 aromatic carbocycles. The van der Waals surface area contributed by atoms with Gasteiger partial charge in [-0.2, -0.15) is 0 Å². The minimum Gasteiger partial charge on any atom is -0.357 e. The standard InChI is InChI=1S/C17H34N8/c1-5-16-22-21-14-25(16)8-7-19-17(18-6-2)20-13-15(3)24-11-9-23(4)10-12-24/h14-15H,5-13H2,1-4H3,(H2,18,19,20). The van der Waals surface area contributed by atoms with Crippen LogP contribution in [-0.4, -0.2) is 89.4 Å². The molecular formula is C17H34N8. The van der Waals surface area contributed by atoms with Crippen molar-refractivity contribution >= 4 is 5.96 Å². The van der Waals surface area contributed by atoms with E-state index >= 15 is 0 Å². The van der Waals surface area contributed by atoms with Crippen LogP contribution in [0.1, 0.15) is 26.6 Å². The number of likely N-dealkylation sites (N-methyl/N-ethyl adjacent to an activating group) is 1. The van der Waals surface area contributed by atoms with Crippen LogP contribution in [0.5, 0.6) is 0 Å². The van der Waals surface area contributed by atoms with Gasteiger partial charge in [0.15, 0.2) is 5.96 Å². The Morgan fingerprint density at radius 3 is 2.68 bits per heavy atom. The van der Waals surface area contributed by atoms with E-state index in [1.165, 1.54) is 0 Å². The molecule has 0 radical (unpaired) electrons. The fraction of sp³-hybridized carbons (Fsp3) is 0.824. The number of hydrogen-bond donors (Lipinski definition) is 2. The van der Waals surface area contributed by atoms with Gasteiger partial charge >= 0.3 is 0 Å². The summed E-state index contributed by atoms with van der Waals surface area (Å²) in [5, 5.41) is 14.8. The van der Waals surface area contributed by atoms with Crippen LogP contribution in [0, 0.1) is 0 Å². The van der Waals surface area contributed by atoms with Crippen LogP contribution < -0.4 is 10.6 Å². The molecule has 2 rings (SSSR count). The number of hydrogen-bond acceptors (Lipinski definition) is 5. The first-order valence-corrected chi connectivity index (χ1v) is 9.45. The number of guanidine groups is 1. The number of aliphatic imine (C=N–C) groups is 1. The van der Waals surface area contributed by atoms with Gasteiger partial charge in [0, 0.05) is 58.3 Å². The highest BCUT2D eigenvalue weighted by Gasteiger charge is 2.18. The van der Waals surface area contributed by atoms with Crippen molar-refractivity contribution in [3.63, 3.8) is 0 Å². The van der Waals surface area contributed by atoms with Crippen LogP contribution >= 0.6 is 0 Å². The lowest BCUT2D eigenvalue weighted by Gasteiger charge is -2.35. The summed E-state index contributed by atoms with van der Waals surface area (Å²) >= 11 is 0. The zero-order valence-electron chi connectivity index (χ0n) is 16.2. The lowest BCUT2D eigenvalue weighted by Crippen LogP contribution is -2.49. The maximum Gasteiger partial charge on any atom is 0.191 e. The second-order valence-corrected chi connectivity index (χ2v) is 6.63. The molecule has 1 fully saturated rings. The summed E-state index contributed by atoms with van der Waals surface area (Å²) in [6.07, 6.45) is 2.69. The van der Waals surface area contributed by atoms with E-state index in [2.05, 4.69) is 63.0 Å². The molecule has 1 atom stereocenters. The Labute approximate surface area is 151 Å². The lowest BCUT2D eigenvalue weighted by molar-refractivity contribution is 0.122. The number of rotatable bonds is 8. The first kappa shape index (κ1) is 19.7. The molecule has 1 aromatic heterocycles. The number of aromatic nitrogens is 3. The molecule has 0 bridgehead atoms. The summed E-state index contributed by atoms with van der Waals surface area (Å²) in [6.45, 7) is 14.3. The van der Waals surface area contributed by atoms with Gasteiger partial charge in [-0.25, -0.2) is 0 Å². The molecular weight excluding hydrogens is 316 g/mol. The minimum atomic E-state index is 0.466. The molecule has 0 amide bonds. The van der Waals surface area contributed by atoms with Crippen molar-refractivity contribution < 1.29 is 0 Å². The Bertz CT molecular complexity index is 518. The van der Waals surface area contributed by atoms with Gasteiger partial charge in [0.05, 0.1) is 6.54 Å². The number of piperazine rings is 1. The van der Waals surface area contributed by atoms with Gasteiger partial charge in [0.1, 0.15) is 12.2 Å². The van der Waals surface area contributed by atoms with Gasteiger partial charge in [-0.15, -0.1) is 10.2 Å². The van der Waals surface area contributed by atoms with Crippen molar-refractivity contribution in [2.24, 2.45) is 4.99 Å². The van der Waals surface area contributed by atoms with Crippen molar-refractivity contribution in [2.75, 3.05) is 52.9 Å². The van der Waals surface area contributed by atoms with Crippen LogP contribution in [-0.2, 0) is 13.0 Å². The maximum absolute atomic E-state index is 4.77. The third-order valence-corrected chi connectivity index (χ3v) is 4.68. The second kappa shape index (κ2) is 10.4. The SMILES string of the molecule is CCNC(=NCC(C)N1CCN(C)CC1)NCCn1cnnc1CC. The van der Waals surface area contributed by atoms with Gasteiger partial charge < -0.3 is 20.1 Å². The predicted octanol–water partition coefficient (Wildman–Crippen LogP) is 0.0315. The highest BCUT2D eigenvalue weighted by Crippen LogP contribution is 2.05. The summed E-state index contributed by atoms with van der Waals surface area (Å²) in [6, 6.07) is 0.466. The van der Waals surface area contributed by atoms with E-state index in [0.717, 1.165) is 70.6 Å². The molecule has 8 heteroatoms. The molecule has 0 saturated carbocycles. The van der Waals surface area contributed by atoms with Gasteiger partial charge in [0.2, 0.25) is 0 Å². The monoisotopic (exact) mass is 350 g/mol. The Kier molecular flexibility index (Phi) is 8.14. The average Bonchev–Trinajstić information content (AvgIpc) is 3.07. The van der Waals surface area contributed by atoms with E-state index in [4.69, 9.17) is 4.99 Å². The van der Waals surface area contributed by atoms with Crippen molar-refractivity contribution in [1.29, 1.82) is 0 Å². The molecule has 1 unspecified atom stereocenters. The van der Waals surface area contributed by atoms with Crippen molar-refractivity contribution in [3.05, 3.63) is 12.2 Å². The van der Waals surface area contributed by atoms with Gasteiger partial charge in [0.25, 0.3) is 0 Å². The zero-order chi connectivity index (χ0) is 18.1. The zero-order valence-corrected chi connectivity index (χ0v) is 16.2. The Morgan fingerprint density at radius 1 is 1.24 bits per heavy atom. The molecule has 1 aliphatic heterocycles. The third kappa shape index (κ3) is 6.28. The van der Waals surface area contributed by atoms with E-state index < -0.39 is 0 Å². The number of nitrogens with zero attached hydrogens (tertiary/aromatic N) is 6. The summed E-state index contributed by atoms with van der Waals surface area (Å²) in [7, 11) is 2.19. The predicted molar refractivity (Wildman–Crippen MR) is 102 cm³/mol. The van der Waals surface area contributed by atoms with Crippen LogP contribution in [0.4, 0.5) is 0 Å². The van der Waals surface area contributed by atoms with E-state index in [1.54, 1.807) is 6.33 Å². The van der Waals surface area contributed by atoms with Crippen molar-refractivity contribution in [1.82, 2.24) is 35.2 Å². The Morgan fingerprint density at radius 2 is 2.00 bits per heavy atom. The molecule has 2 N–H and O–H groups in total. The van der Waals surface area contributed by atoms with E-state index in [-0.39, 0.29) is 0 Å². The first-order valence-electron chi connectivity index (χ1n) is 9.45. The number of nitrogens with one attached hydrogen (secondary N) is 2. The fourth-order valence-electron chi connectivity index (χ4n) is 2.98. The van der Waals surface area contributed by atoms with E-state index in [9.17, 15) is 0 Å². The highest BCUT2D eigenvalue weighted by atomic mass is 15.3. The summed E-state index contributed by atoms with van der Waals surface area (Å²) in [5.41, 5.74) is 0. The molecule has 2 heterocycles. The normalized spacial score (nSPS) is 18.3. The van der Waals surface area contributed by atoms with Gasteiger partial charge in [-0.3, -0.25) is 9.89 Å². The Balaban J connectivity index is 1.79. The lowest BCUT2D eigenvalue weighted by atomic mass is 10.2. The quantitative estimate of drug-likeness (QED) is 0.509. The summed E-state index contributed by atoms with van der Waals surface area (Å²) in [5.74, 6) is 1.90. The Hall–Kier alpha value is -1.67. The molecule has 1 aliphatic rings. The molecule has 142 valence electrons. The molecule has 8 nitrogen and oxygen atoms in total. The van der Waals surface area contributed by atoms with Crippen molar-refractivity contribution in [2.45, 2.75) is 39.8 Å². The maximum atomic E-state index is 4.77. The van der Waals surface area contributed by atoms with Gasteiger partial charge in [-0.1, -0.05) is 6.92 Å². The second-order valence-electron chi connectivity index (χ2n) is 6.63. The minimum absolute atomic E-state index is 0.466. The number of aryl methyl sites for hydroxylation is 1. The largest absolute Gasteiger partial charge is 0.357 e. The van der Waals surface area contributed by atoms with E-state index in [0.29, 0.717) is 6.04 Å². The molecule has 1 saturated heterocycles. The summed E-state index contributed by atoms with van der Waals surface area (Å²) < 4.78 is 2.09. The highest BCUT2D eigenvalue weighted by molar-refractivity contribution is 5.79. The average molecular weight is 351 g/mol. The van der Waals surface area contributed by atoms with Crippen LogP contribution in [0.3, 0.4) is 0 Å². The molecule has 0 spiro atoms.